The van der Waals surface area contributed by atoms with Gasteiger partial charge in [0.1, 0.15) is 0 Å². The summed E-state index contributed by atoms with van der Waals surface area (Å²) in [6.45, 7) is 12.3. The van der Waals surface area contributed by atoms with Crippen molar-refractivity contribution < 1.29 is 0 Å². The summed E-state index contributed by atoms with van der Waals surface area (Å²) in [6, 6.07) is 0. The summed E-state index contributed by atoms with van der Waals surface area (Å²) in [4.78, 5) is 2.32. The number of allylic oxidation sites excluding steroid dienone is 3. The second-order valence-electron chi connectivity index (χ2n) is 3.31. The van der Waals surface area contributed by atoms with E-state index in [2.05, 4.69) is 36.8 Å². The van der Waals surface area contributed by atoms with Gasteiger partial charge in [-0.05, 0) is 31.5 Å². The SMILES string of the molecule is C=C1CCN(C)C/C1=C/C=C\C.CC. The second kappa shape index (κ2) is 7.57. The van der Waals surface area contributed by atoms with Gasteiger partial charge in [0, 0.05) is 13.1 Å². The number of nitrogens with zero attached hydrogens (tertiary/aromatic N) is 1. The maximum atomic E-state index is 4.05. The van der Waals surface area contributed by atoms with Crippen LogP contribution in [0.25, 0.3) is 0 Å². The third-order valence-electron chi connectivity index (χ3n) is 2.18. The molecule has 1 rings (SSSR count). The van der Waals surface area contributed by atoms with E-state index >= 15 is 0 Å². The largest absolute Gasteiger partial charge is 0.302 e. The van der Waals surface area contributed by atoms with Gasteiger partial charge < -0.3 is 4.90 Å². The summed E-state index contributed by atoms with van der Waals surface area (Å²) < 4.78 is 0. The lowest BCUT2D eigenvalue weighted by atomic mass is 9.99. The zero-order valence-corrected chi connectivity index (χ0v) is 10.0. The Morgan fingerprint density at radius 3 is 2.57 bits per heavy atom. The van der Waals surface area contributed by atoms with E-state index in [1.54, 1.807) is 0 Å². The van der Waals surface area contributed by atoms with Crippen LogP contribution in [0.4, 0.5) is 0 Å². The molecular formula is C13H23N. The Morgan fingerprint density at radius 1 is 1.36 bits per heavy atom. The van der Waals surface area contributed by atoms with Crippen LogP contribution in [-0.4, -0.2) is 25.0 Å². The molecule has 0 aromatic carbocycles. The first-order chi connectivity index (χ1) is 6.74. The van der Waals surface area contributed by atoms with Crippen LogP contribution in [0.5, 0.6) is 0 Å². The monoisotopic (exact) mass is 193 g/mol. The van der Waals surface area contributed by atoms with Crippen LogP contribution in [0.1, 0.15) is 27.2 Å². The Hall–Kier alpha value is -0.820. The van der Waals surface area contributed by atoms with Gasteiger partial charge in [-0.3, -0.25) is 0 Å². The van der Waals surface area contributed by atoms with Gasteiger partial charge >= 0.3 is 0 Å². The lowest BCUT2D eigenvalue weighted by Crippen LogP contribution is -2.28. The predicted molar refractivity (Wildman–Crippen MR) is 65.5 cm³/mol. The van der Waals surface area contributed by atoms with E-state index in [9.17, 15) is 0 Å². The molecule has 0 radical (unpaired) electrons. The topological polar surface area (TPSA) is 3.24 Å². The lowest BCUT2D eigenvalue weighted by Gasteiger charge is -2.26. The van der Waals surface area contributed by atoms with E-state index in [1.165, 1.54) is 11.1 Å². The highest BCUT2D eigenvalue weighted by Crippen LogP contribution is 2.18. The Labute approximate surface area is 88.8 Å². The van der Waals surface area contributed by atoms with Crippen molar-refractivity contribution in [2.75, 3.05) is 20.1 Å². The summed E-state index contributed by atoms with van der Waals surface area (Å²) in [7, 11) is 2.15. The molecule has 0 spiro atoms. The van der Waals surface area contributed by atoms with E-state index in [0.717, 1.165) is 19.5 Å². The first-order valence-electron chi connectivity index (χ1n) is 5.42. The van der Waals surface area contributed by atoms with E-state index in [4.69, 9.17) is 0 Å². The average Bonchev–Trinajstić information content (AvgIpc) is 2.22. The smallest absolute Gasteiger partial charge is 0.0233 e. The molecule has 0 aliphatic carbocycles. The average molecular weight is 193 g/mol. The Kier molecular flexibility index (Phi) is 7.13. The minimum atomic E-state index is 1.04. The van der Waals surface area contributed by atoms with Gasteiger partial charge in [0.2, 0.25) is 0 Å². The van der Waals surface area contributed by atoms with Crippen LogP contribution in [0.2, 0.25) is 0 Å². The molecule has 1 aliphatic rings. The van der Waals surface area contributed by atoms with Crippen molar-refractivity contribution in [3.05, 3.63) is 36.0 Å². The summed E-state index contributed by atoms with van der Waals surface area (Å²) in [5.74, 6) is 0. The van der Waals surface area contributed by atoms with Gasteiger partial charge in [-0.15, -0.1) is 0 Å². The van der Waals surface area contributed by atoms with Gasteiger partial charge in [0.05, 0.1) is 0 Å². The standard InChI is InChI=1S/C11H17N.C2H6/c1-4-5-6-11-9-12(3)8-7-10(11)2;1-2/h4-6H,2,7-9H2,1,3H3;1-2H3/b5-4-,11-6-;. The summed E-state index contributed by atoms with van der Waals surface area (Å²) >= 11 is 0. The van der Waals surface area contributed by atoms with Crippen LogP contribution in [0, 0.1) is 0 Å². The highest BCUT2D eigenvalue weighted by molar-refractivity contribution is 5.34. The Balaban J connectivity index is 0.000000791. The van der Waals surface area contributed by atoms with Crippen molar-refractivity contribution in [2.24, 2.45) is 0 Å². The van der Waals surface area contributed by atoms with E-state index in [1.807, 2.05) is 20.8 Å². The highest BCUT2D eigenvalue weighted by Gasteiger charge is 2.12. The predicted octanol–water partition coefficient (Wildman–Crippen LogP) is 3.41. The van der Waals surface area contributed by atoms with E-state index in [0.29, 0.717) is 0 Å². The van der Waals surface area contributed by atoms with Crippen molar-refractivity contribution >= 4 is 0 Å². The summed E-state index contributed by atoms with van der Waals surface area (Å²) in [6.07, 6.45) is 7.41. The molecule has 0 unspecified atom stereocenters. The van der Waals surface area contributed by atoms with Gasteiger partial charge in [-0.2, -0.15) is 0 Å². The number of piperidine rings is 1. The normalized spacial score (nSPS) is 21.1. The Morgan fingerprint density at radius 2 is 2.00 bits per heavy atom. The molecular weight excluding hydrogens is 170 g/mol. The number of hydrogen-bond acceptors (Lipinski definition) is 1. The van der Waals surface area contributed by atoms with Crippen molar-refractivity contribution in [2.45, 2.75) is 27.2 Å². The molecule has 14 heavy (non-hydrogen) atoms. The van der Waals surface area contributed by atoms with Crippen LogP contribution < -0.4 is 0 Å². The molecule has 0 aromatic heterocycles. The molecule has 0 saturated carbocycles. The molecule has 0 aromatic rings. The number of likely N-dealkylation sites (N-methyl/N-ethyl adjacent to an activating group) is 1. The first kappa shape index (κ1) is 13.2. The fourth-order valence-electron chi connectivity index (χ4n) is 1.35. The van der Waals surface area contributed by atoms with Gasteiger partial charge in [-0.1, -0.05) is 38.7 Å². The molecule has 1 aliphatic heterocycles. The third-order valence-corrected chi connectivity index (χ3v) is 2.18. The lowest BCUT2D eigenvalue weighted by molar-refractivity contribution is 0.348. The van der Waals surface area contributed by atoms with Crippen LogP contribution >= 0.6 is 0 Å². The van der Waals surface area contributed by atoms with Crippen molar-refractivity contribution in [1.29, 1.82) is 0 Å². The molecule has 1 heteroatoms. The maximum absolute atomic E-state index is 4.05. The van der Waals surface area contributed by atoms with Crippen molar-refractivity contribution in [3.63, 3.8) is 0 Å². The summed E-state index contributed by atoms with van der Waals surface area (Å²) in [5.41, 5.74) is 2.67. The van der Waals surface area contributed by atoms with Crippen LogP contribution in [0.15, 0.2) is 36.0 Å². The minimum absolute atomic E-state index is 1.04. The molecule has 0 atom stereocenters. The summed E-state index contributed by atoms with van der Waals surface area (Å²) in [5, 5.41) is 0. The molecule has 1 fully saturated rings. The highest BCUT2D eigenvalue weighted by atomic mass is 15.1. The molecule has 0 bridgehead atoms. The van der Waals surface area contributed by atoms with Crippen LogP contribution in [-0.2, 0) is 0 Å². The zero-order chi connectivity index (χ0) is 11.0. The molecule has 1 nitrogen and oxygen atoms in total. The second-order valence-corrected chi connectivity index (χ2v) is 3.31. The number of rotatable bonds is 1. The Bertz CT molecular complexity index is 223. The van der Waals surface area contributed by atoms with Gasteiger partial charge in [0.15, 0.2) is 0 Å². The fourth-order valence-corrected chi connectivity index (χ4v) is 1.35. The van der Waals surface area contributed by atoms with Crippen LogP contribution in [0.3, 0.4) is 0 Å². The molecule has 0 N–H and O–H groups in total. The quantitative estimate of drug-likeness (QED) is 0.617. The molecule has 1 saturated heterocycles. The van der Waals surface area contributed by atoms with Gasteiger partial charge in [-0.25, -0.2) is 0 Å². The van der Waals surface area contributed by atoms with E-state index < -0.39 is 0 Å². The zero-order valence-electron chi connectivity index (χ0n) is 10.0. The maximum Gasteiger partial charge on any atom is 0.0233 e. The fraction of sp³-hybridized carbons (Fsp3) is 0.538. The first-order valence-corrected chi connectivity index (χ1v) is 5.42. The van der Waals surface area contributed by atoms with Gasteiger partial charge in [0.25, 0.3) is 0 Å². The minimum Gasteiger partial charge on any atom is -0.302 e. The van der Waals surface area contributed by atoms with Crippen molar-refractivity contribution in [1.82, 2.24) is 4.90 Å². The number of hydrogen-bond donors (Lipinski definition) is 0. The third kappa shape index (κ3) is 4.43. The van der Waals surface area contributed by atoms with Crippen molar-refractivity contribution in [3.8, 4) is 0 Å². The molecule has 0 amide bonds. The van der Waals surface area contributed by atoms with E-state index in [-0.39, 0.29) is 0 Å². The molecule has 80 valence electrons. The number of likely N-dealkylation sites (tertiary alicyclic amines) is 1. The molecule has 1 heterocycles.